The van der Waals surface area contributed by atoms with Gasteiger partial charge in [-0.2, -0.15) is 0 Å². The fraction of sp³-hybridized carbons (Fsp3) is 0.429. The number of carbonyl (C=O) groups is 2. The highest BCUT2D eigenvalue weighted by Crippen LogP contribution is 2.31. The summed E-state index contributed by atoms with van der Waals surface area (Å²) in [4.78, 5) is 28.1. The molecule has 2 aromatic rings. The van der Waals surface area contributed by atoms with Gasteiger partial charge in [0.05, 0.1) is 24.3 Å². The molecule has 2 atom stereocenters. The fourth-order valence-corrected chi connectivity index (χ4v) is 4.87. The van der Waals surface area contributed by atoms with Crippen LogP contribution in [-0.2, 0) is 9.53 Å². The van der Waals surface area contributed by atoms with E-state index in [-0.39, 0.29) is 18.7 Å². The number of hydrogen-bond donors (Lipinski definition) is 2. The molecule has 2 N–H and O–H groups in total. The van der Waals surface area contributed by atoms with Gasteiger partial charge in [-0.25, -0.2) is 9.59 Å². The fourth-order valence-electron chi connectivity index (χ4n) is 4.87. The number of ether oxygens (including phenoxy) is 2. The molecular formula is C28H35N3O4. The summed E-state index contributed by atoms with van der Waals surface area (Å²) in [6, 6.07) is 17.1. The van der Waals surface area contributed by atoms with E-state index in [0.717, 1.165) is 37.2 Å². The van der Waals surface area contributed by atoms with Crippen molar-refractivity contribution in [2.45, 2.75) is 51.7 Å². The third-order valence-electron chi connectivity index (χ3n) is 6.39. The largest absolute Gasteiger partial charge is 0.491 e. The SMILES string of the molecule is CCOC(=O)C1=C(CN2CCC[C@H](c3ccccc3)C2)NC(=O)N[C@@H]1c1ccc(OC(C)C)cc1. The highest BCUT2D eigenvalue weighted by atomic mass is 16.5. The third kappa shape index (κ3) is 6.22. The van der Waals surface area contributed by atoms with Crippen LogP contribution >= 0.6 is 0 Å². The van der Waals surface area contributed by atoms with Crippen LogP contribution in [0.2, 0.25) is 0 Å². The normalized spacial score (nSPS) is 20.9. The van der Waals surface area contributed by atoms with Gasteiger partial charge in [-0.3, -0.25) is 4.90 Å². The van der Waals surface area contributed by atoms with Gasteiger partial charge in [-0.1, -0.05) is 42.5 Å². The van der Waals surface area contributed by atoms with Gasteiger partial charge in [0.15, 0.2) is 0 Å². The number of esters is 1. The molecule has 35 heavy (non-hydrogen) atoms. The topological polar surface area (TPSA) is 79.9 Å². The Morgan fingerprint density at radius 2 is 1.83 bits per heavy atom. The first-order valence-corrected chi connectivity index (χ1v) is 12.5. The minimum absolute atomic E-state index is 0.0604. The molecule has 0 saturated carbocycles. The van der Waals surface area contributed by atoms with Crippen molar-refractivity contribution >= 4 is 12.0 Å². The summed E-state index contributed by atoms with van der Waals surface area (Å²) >= 11 is 0. The lowest BCUT2D eigenvalue weighted by Crippen LogP contribution is -2.49. The Balaban J connectivity index is 1.61. The van der Waals surface area contributed by atoms with Crippen LogP contribution in [0.25, 0.3) is 0 Å². The molecular weight excluding hydrogens is 442 g/mol. The molecule has 0 radical (unpaired) electrons. The van der Waals surface area contributed by atoms with E-state index >= 15 is 0 Å². The summed E-state index contributed by atoms with van der Waals surface area (Å²) in [6.45, 7) is 8.26. The van der Waals surface area contributed by atoms with E-state index in [4.69, 9.17) is 9.47 Å². The Morgan fingerprint density at radius 3 is 2.51 bits per heavy atom. The maximum absolute atomic E-state index is 13.1. The molecule has 0 unspecified atom stereocenters. The number of carbonyl (C=O) groups excluding carboxylic acids is 2. The van der Waals surface area contributed by atoms with Crippen LogP contribution in [0.5, 0.6) is 5.75 Å². The molecule has 2 heterocycles. The highest BCUT2D eigenvalue weighted by Gasteiger charge is 2.35. The second-order valence-corrected chi connectivity index (χ2v) is 9.36. The molecule has 2 amide bonds. The Morgan fingerprint density at radius 1 is 1.09 bits per heavy atom. The van der Waals surface area contributed by atoms with E-state index in [9.17, 15) is 9.59 Å². The summed E-state index contributed by atoms with van der Waals surface area (Å²) in [5.74, 6) is 0.753. The molecule has 7 heteroatoms. The van der Waals surface area contributed by atoms with E-state index in [2.05, 4.69) is 39.8 Å². The van der Waals surface area contributed by atoms with Gasteiger partial charge in [0.1, 0.15) is 5.75 Å². The van der Waals surface area contributed by atoms with Crippen molar-refractivity contribution in [3.05, 3.63) is 77.0 Å². The van der Waals surface area contributed by atoms with E-state index in [1.54, 1.807) is 6.92 Å². The van der Waals surface area contributed by atoms with Gasteiger partial charge in [0.2, 0.25) is 0 Å². The summed E-state index contributed by atoms with van der Waals surface area (Å²) in [5.41, 5.74) is 3.18. The van der Waals surface area contributed by atoms with Crippen LogP contribution in [0.4, 0.5) is 4.79 Å². The standard InChI is InChI=1S/C28H35N3O4/c1-4-34-27(32)25-24(18-31-16-8-11-22(17-31)20-9-6-5-7-10-20)29-28(33)30-26(25)21-12-14-23(15-13-21)35-19(2)3/h5-7,9-10,12-15,19,22,26H,4,8,11,16-18H2,1-3H3,(H2,29,30,33)/t22-,26+/m0/s1. The number of rotatable bonds is 8. The summed E-state index contributed by atoms with van der Waals surface area (Å²) in [7, 11) is 0. The van der Waals surface area contributed by atoms with Crippen molar-refractivity contribution in [1.82, 2.24) is 15.5 Å². The molecule has 0 spiro atoms. The molecule has 0 aromatic heterocycles. The van der Waals surface area contributed by atoms with Crippen molar-refractivity contribution in [3.8, 4) is 5.75 Å². The maximum atomic E-state index is 13.1. The summed E-state index contributed by atoms with van der Waals surface area (Å²) < 4.78 is 11.2. The molecule has 0 bridgehead atoms. The lowest BCUT2D eigenvalue weighted by molar-refractivity contribution is -0.139. The van der Waals surface area contributed by atoms with Crippen LogP contribution < -0.4 is 15.4 Å². The number of nitrogens with zero attached hydrogens (tertiary/aromatic N) is 1. The number of benzene rings is 2. The van der Waals surface area contributed by atoms with E-state index in [1.165, 1.54) is 5.56 Å². The predicted molar refractivity (Wildman–Crippen MR) is 135 cm³/mol. The second-order valence-electron chi connectivity index (χ2n) is 9.36. The van der Waals surface area contributed by atoms with Crippen LogP contribution in [0, 0.1) is 0 Å². The molecule has 0 aliphatic carbocycles. The maximum Gasteiger partial charge on any atom is 0.338 e. The molecule has 4 rings (SSSR count). The molecule has 2 aliphatic heterocycles. The average molecular weight is 478 g/mol. The van der Waals surface area contributed by atoms with E-state index < -0.39 is 12.0 Å². The Kier molecular flexibility index (Phi) is 8.08. The third-order valence-corrected chi connectivity index (χ3v) is 6.39. The minimum Gasteiger partial charge on any atom is -0.491 e. The van der Waals surface area contributed by atoms with Crippen LogP contribution in [0.15, 0.2) is 65.9 Å². The summed E-state index contributed by atoms with van der Waals surface area (Å²) in [5, 5.41) is 5.82. The van der Waals surface area contributed by atoms with Gasteiger partial charge in [0, 0.05) is 18.8 Å². The van der Waals surface area contributed by atoms with E-state index in [1.807, 2.05) is 44.2 Å². The lowest BCUT2D eigenvalue weighted by atomic mass is 9.90. The number of amides is 2. The second kappa shape index (κ2) is 11.4. The first kappa shape index (κ1) is 24.8. The van der Waals surface area contributed by atoms with Crippen LogP contribution in [0.3, 0.4) is 0 Å². The predicted octanol–water partition coefficient (Wildman–Crippen LogP) is 4.52. The number of hydrogen-bond acceptors (Lipinski definition) is 5. The first-order valence-electron chi connectivity index (χ1n) is 12.5. The molecule has 2 aliphatic rings. The van der Waals surface area contributed by atoms with E-state index in [0.29, 0.717) is 23.7 Å². The highest BCUT2D eigenvalue weighted by molar-refractivity contribution is 5.95. The zero-order valence-electron chi connectivity index (χ0n) is 20.8. The van der Waals surface area contributed by atoms with Crippen molar-refractivity contribution < 1.29 is 19.1 Å². The number of piperidine rings is 1. The molecule has 7 nitrogen and oxygen atoms in total. The first-order chi connectivity index (χ1) is 16.9. The quantitative estimate of drug-likeness (QED) is 0.547. The lowest BCUT2D eigenvalue weighted by Gasteiger charge is -2.36. The zero-order valence-corrected chi connectivity index (χ0v) is 20.8. The molecule has 1 saturated heterocycles. The number of likely N-dealkylation sites (tertiary alicyclic amines) is 1. The molecule has 1 fully saturated rings. The van der Waals surface area contributed by atoms with Crippen molar-refractivity contribution in [1.29, 1.82) is 0 Å². The van der Waals surface area contributed by atoms with Crippen molar-refractivity contribution in [2.75, 3.05) is 26.2 Å². The zero-order chi connectivity index (χ0) is 24.8. The molecule has 186 valence electrons. The average Bonchev–Trinajstić information content (AvgIpc) is 2.84. The smallest absolute Gasteiger partial charge is 0.338 e. The summed E-state index contributed by atoms with van der Waals surface area (Å²) in [6.07, 6.45) is 2.26. The van der Waals surface area contributed by atoms with Gasteiger partial charge in [-0.15, -0.1) is 0 Å². The van der Waals surface area contributed by atoms with Gasteiger partial charge in [0.25, 0.3) is 0 Å². The Labute approximate surface area is 207 Å². The minimum atomic E-state index is -0.597. The Bertz CT molecular complexity index is 1050. The molecule has 2 aromatic carbocycles. The van der Waals surface area contributed by atoms with Gasteiger partial charge < -0.3 is 20.1 Å². The van der Waals surface area contributed by atoms with Crippen LogP contribution in [-0.4, -0.2) is 49.2 Å². The Hall–Kier alpha value is -3.32. The monoisotopic (exact) mass is 477 g/mol. The van der Waals surface area contributed by atoms with Gasteiger partial charge in [-0.05, 0) is 69.3 Å². The van der Waals surface area contributed by atoms with Crippen molar-refractivity contribution in [3.63, 3.8) is 0 Å². The van der Waals surface area contributed by atoms with Crippen LogP contribution in [0.1, 0.15) is 56.7 Å². The van der Waals surface area contributed by atoms with Crippen molar-refractivity contribution in [2.24, 2.45) is 0 Å². The number of nitrogens with one attached hydrogen (secondary N) is 2. The number of urea groups is 1. The van der Waals surface area contributed by atoms with Gasteiger partial charge >= 0.3 is 12.0 Å².